The van der Waals surface area contributed by atoms with Gasteiger partial charge in [0.25, 0.3) is 0 Å². The molecular weight excluding hydrogens is 396 g/mol. The molecule has 0 radical (unpaired) electrons. The summed E-state index contributed by atoms with van der Waals surface area (Å²) in [5.41, 5.74) is 1.86. The molecule has 1 amide bonds. The highest BCUT2D eigenvalue weighted by atomic mass is 35.5. The highest BCUT2D eigenvalue weighted by Gasteiger charge is 2.12. The number of halogens is 1. The lowest BCUT2D eigenvalue weighted by Gasteiger charge is -2.07. The fraction of sp³-hybridized carbons (Fsp3) is 0.250. The topological polar surface area (TPSA) is 69.0 Å². The Labute approximate surface area is 173 Å². The number of nitrogens with one attached hydrogen (secondary N) is 1. The van der Waals surface area contributed by atoms with Crippen LogP contribution in [-0.2, 0) is 18.4 Å². The molecular formula is C20H21ClN4O2S. The van der Waals surface area contributed by atoms with E-state index in [4.69, 9.17) is 16.3 Å². The van der Waals surface area contributed by atoms with Crippen molar-refractivity contribution in [3.8, 4) is 17.1 Å². The van der Waals surface area contributed by atoms with Crippen molar-refractivity contribution in [3.63, 3.8) is 0 Å². The minimum atomic E-state index is -0.0232. The van der Waals surface area contributed by atoms with E-state index in [1.54, 1.807) is 7.11 Å². The first-order chi connectivity index (χ1) is 13.6. The standard InChI is InChI=1S/C20H21ClN4O2S/c1-25-19(14-7-9-16(27-2)10-8-14)23-24-20(25)28-12-11-18(26)22-13-15-5-3-4-6-17(15)21/h3-10H,11-13H2,1-2H3,(H,22,26). The molecule has 0 unspecified atom stereocenters. The number of benzene rings is 2. The Kier molecular flexibility index (Phi) is 6.95. The molecule has 6 nitrogen and oxygen atoms in total. The van der Waals surface area contributed by atoms with Crippen molar-refractivity contribution in [1.29, 1.82) is 0 Å². The quantitative estimate of drug-likeness (QED) is 0.563. The van der Waals surface area contributed by atoms with E-state index in [2.05, 4.69) is 15.5 Å². The molecule has 146 valence electrons. The van der Waals surface area contributed by atoms with Crippen molar-refractivity contribution < 1.29 is 9.53 Å². The second kappa shape index (κ2) is 9.61. The van der Waals surface area contributed by atoms with E-state index in [0.29, 0.717) is 23.7 Å². The molecule has 0 atom stereocenters. The number of rotatable bonds is 8. The highest BCUT2D eigenvalue weighted by molar-refractivity contribution is 7.99. The van der Waals surface area contributed by atoms with Crippen LogP contribution < -0.4 is 10.1 Å². The van der Waals surface area contributed by atoms with Gasteiger partial charge in [0.2, 0.25) is 5.91 Å². The zero-order valence-electron chi connectivity index (χ0n) is 15.7. The van der Waals surface area contributed by atoms with Gasteiger partial charge in [0.05, 0.1) is 7.11 Å². The molecule has 1 N–H and O–H groups in total. The van der Waals surface area contributed by atoms with Crippen LogP contribution in [0.25, 0.3) is 11.4 Å². The van der Waals surface area contributed by atoms with Gasteiger partial charge in [-0.25, -0.2) is 0 Å². The monoisotopic (exact) mass is 416 g/mol. The summed E-state index contributed by atoms with van der Waals surface area (Å²) in [6, 6.07) is 15.1. The zero-order valence-corrected chi connectivity index (χ0v) is 17.3. The van der Waals surface area contributed by atoms with E-state index in [9.17, 15) is 4.79 Å². The van der Waals surface area contributed by atoms with Crippen molar-refractivity contribution in [2.75, 3.05) is 12.9 Å². The number of thioether (sulfide) groups is 1. The molecule has 28 heavy (non-hydrogen) atoms. The Morgan fingerprint density at radius 1 is 1.18 bits per heavy atom. The summed E-state index contributed by atoms with van der Waals surface area (Å²) in [4.78, 5) is 12.1. The molecule has 0 bridgehead atoms. The lowest BCUT2D eigenvalue weighted by Crippen LogP contribution is -2.23. The van der Waals surface area contributed by atoms with Gasteiger partial charge in [0.15, 0.2) is 11.0 Å². The number of nitrogens with zero attached hydrogens (tertiary/aromatic N) is 3. The number of hydrogen-bond donors (Lipinski definition) is 1. The molecule has 0 saturated carbocycles. The lowest BCUT2D eigenvalue weighted by atomic mass is 10.2. The van der Waals surface area contributed by atoms with Crippen LogP contribution in [0.3, 0.4) is 0 Å². The van der Waals surface area contributed by atoms with Gasteiger partial charge < -0.3 is 14.6 Å². The van der Waals surface area contributed by atoms with Gasteiger partial charge in [-0.1, -0.05) is 41.6 Å². The van der Waals surface area contributed by atoms with E-state index in [-0.39, 0.29) is 5.91 Å². The smallest absolute Gasteiger partial charge is 0.221 e. The summed E-state index contributed by atoms with van der Waals surface area (Å²) < 4.78 is 7.10. The first kappa shape index (κ1) is 20.2. The van der Waals surface area contributed by atoms with E-state index in [1.165, 1.54) is 11.8 Å². The lowest BCUT2D eigenvalue weighted by molar-refractivity contribution is -0.120. The second-order valence-corrected chi connectivity index (χ2v) is 7.53. The third-order valence-corrected chi connectivity index (χ3v) is 5.57. The third kappa shape index (κ3) is 5.05. The average molecular weight is 417 g/mol. The number of hydrogen-bond acceptors (Lipinski definition) is 5. The zero-order chi connectivity index (χ0) is 19.9. The number of aromatic nitrogens is 3. The first-order valence-electron chi connectivity index (χ1n) is 8.75. The average Bonchev–Trinajstić information content (AvgIpc) is 3.08. The molecule has 0 saturated heterocycles. The van der Waals surface area contributed by atoms with Crippen LogP contribution >= 0.6 is 23.4 Å². The maximum atomic E-state index is 12.1. The Morgan fingerprint density at radius 2 is 1.93 bits per heavy atom. The Balaban J connectivity index is 1.50. The molecule has 1 aromatic heterocycles. The minimum Gasteiger partial charge on any atom is -0.497 e. The normalized spacial score (nSPS) is 10.7. The van der Waals surface area contributed by atoms with Crippen LogP contribution in [0.2, 0.25) is 5.02 Å². The predicted molar refractivity (Wildman–Crippen MR) is 112 cm³/mol. The number of ether oxygens (including phenoxy) is 1. The van der Waals surface area contributed by atoms with Crippen LogP contribution in [0.1, 0.15) is 12.0 Å². The van der Waals surface area contributed by atoms with E-state index < -0.39 is 0 Å². The molecule has 8 heteroatoms. The molecule has 0 spiro atoms. The molecule has 2 aromatic carbocycles. The highest BCUT2D eigenvalue weighted by Crippen LogP contribution is 2.24. The van der Waals surface area contributed by atoms with Crippen LogP contribution in [0.5, 0.6) is 5.75 Å². The minimum absolute atomic E-state index is 0.0232. The number of carbonyl (C=O) groups excluding carboxylic acids is 1. The second-order valence-electron chi connectivity index (χ2n) is 6.06. The van der Waals surface area contributed by atoms with Crippen molar-refractivity contribution in [3.05, 3.63) is 59.1 Å². The van der Waals surface area contributed by atoms with Gasteiger partial charge >= 0.3 is 0 Å². The van der Waals surface area contributed by atoms with E-state index >= 15 is 0 Å². The van der Waals surface area contributed by atoms with Crippen LogP contribution in [0.15, 0.2) is 53.7 Å². The molecule has 0 aliphatic carbocycles. The summed E-state index contributed by atoms with van der Waals surface area (Å²) in [5.74, 6) is 2.16. The van der Waals surface area contributed by atoms with Crippen LogP contribution in [0.4, 0.5) is 0 Å². The number of carbonyl (C=O) groups is 1. The fourth-order valence-electron chi connectivity index (χ4n) is 2.59. The molecule has 3 rings (SSSR count). The Bertz CT molecular complexity index is 944. The number of methoxy groups -OCH3 is 1. The van der Waals surface area contributed by atoms with Crippen LogP contribution in [-0.4, -0.2) is 33.5 Å². The molecule has 1 heterocycles. The fourth-order valence-corrected chi connectivity index (χ4v) is 3.64. The van der Waals surface area contributed by atoms with Gasteiger partial charge in [-0.2, -0.15) is 0 Å². The SMILES string of the molecule is COc1ccc(-c2nnc(SCCC(=O)NCc3ccccc3Cl)n2C)cc1. The molecule has 0 aliphatic heterocycles. The van der Waals surface area contributed by atoms with Gasteiger partial charge in [0.1, 0.15) is 5.75 Å². The summed E-state index contributed by atoms with van der Waals surface area (Å²) in [6.45, 7) is 0.425. The van der Waals surface area contributed by atoms with Crippen molar-refractivity contribution in [1.82, 2.24) is 20.1 Å². The summed E-state index contributed by atoms with van der Waals surface area (Å²) >= 11 is 7.60. The molecule has 0 aliphatic rings. The van der Waals surface area contributed by atoms with Gasteiger partial charge in [0, 0.05) is 36.4 Å². The van der Waals surface area contributed by atoms with E-state index in [0.717, 1.165) is 27.9 Å². The van der Waals surface area contributed by atoms with Gasteiger partial charge in [-0.05, 0) is 35.9 Å². The first-order valence-corrected chi connectivity index (χ1v) is 10.1. The van der Waals surface area contributed by atoms with Crippen molar-refractivity contribution in [2.45, 2.75) is 18.1 Å². The predicted octanol–water partition coefficient (Wildman–Crippen LogP) is 3.94. The van der Waals surface area contributed by atoms with E-state index in [1.807, 2.05) is 60.1 Å². The maximum absolute atomic E-state index is 12.1. The Morgan fingerprint density at radius 3 is 2.64 bits per heavy atom. The largest absolute Gasteiger partial charge is 0.497 e. The van der Waals surface area contributed by atoms with Gasteiger partial charge in [-0.3, -0.25) is 4.79 Å². The number of amides is 1. The molecule has 0 fully saturated rings. The summed E-state index contributed by atoms with van der Waals surface area (Å²) in [6.07, 6.45) is 0.389. The van der Waals surface area contributed by atoms with Crippen molar-refractivity contribution in [2.24, 2.45) is 7.05 Å². The van der Waals surface area contributed by atoms with Crippen LogP contribution in [0, 0.1) is 0 Å². The maximum Gasteiger partial charge on any atom is 0.221 e. The third-order valence-electron chi connectivity index (χ3n) is 4.18. The van der Waals surface area contributed by atoms with Crippen molar-refractivity contribution >= 4 is 29.3 Å². The van der Waals surface area contributed by atoms with Gasteiger partial charge in [-0.15, -0.1) is 10.2 Å². The summed E-state index contributed by atoms with van der Waals surface area (Å²) in [5, 5.41) is 12.8. The molecule has 3 aromatic rings. The summed E-state index contributed by atoms with van der Waals surface area (Å²) in [7, 11) is 3.55. The Hall–Kier alpha value is -2.51.